The average Bonchev–Trinajstić information content (AvgIpc) is 3.56. The Hall–Kier alpha value is -4.46. The largest absolute Gasteiger partial charge is 0.496 e. The first-order valence-corrected chi connectivity index (χ1v) is 13.7. The maximum atomic E-state index is 15.5. The van der Waals surface area contributed by atoms with Crippen LogP contribution in [0.5, 0.6) is 5.75 Å². The number of alkyl halides is 3. The van der Waals surface area contributed by atoms with Gasteiger partial charge in [-0.15, -0.1) is 0 Å². The van der Waals surface area contributed by atoms with Crippen molar-refractivity contribution >= 4 is 40.6 Å². The smallest absolute Gasteiger partial charge is 0.416 e. The van der Waals surface area contributed by atoms with Crippen LogP contribution in [0.4, 0.5) is 29.2 Å². The molecule has 4 aromatic rings. The molecule has 5 heterocycles. The summed E-state index contributed by atoms with van der Waals surface area (Å²) in [6, 6.07) is 3.72. The van der Waals surface area contributed by atoms with Crippen molar-refractivity contribution in [2.24, 2.45) is 0 Å². The predicted molar refractivity (Wildman–Crippen MR) is 148 cm³/mol. The van der Waals surface area contributed by atoms with Crippen LogP contribution < -0.4 is 15.8 Å². The molecule has 224 valence electrons. The molecule has 2 atom stereocenters. The first kappa shape index (κ1) is 28.6. The fourth-order valence-corrected chi connectivity index (χ4v) is 6.03. The van der Waals surface area contributed by atoms with Crippen molar-refractivity contribution in [2.75, 3.05) is 24.7 Å². The van der Waals surface area contributed by atoms with Gasteiger partial charge in [-0.3, -0.25) is 14.0 Å². The molecule has 2 unspecified atom stereocenters. The van der Waals surface area contributed by atoms with Crippen molar-refractivity contribution in [3.8, 4) is 17.0 Å². The molecule has 3 aromatic heterocycles. The molecule has 10 nitrogen and oxygen atoms in total. The normalized spacial score (nSPS) is 18.7. The third-order valence-corrected chi connectivity index (χ3v) is 8.14. The van der Waals surface area contributed by atoms with E-state index in [2.05, 4.69) is 15.3 Å². The second-order valence-corrected chi connectivity index (χ2v) is 10.8. The van der Waals surface area contributed by atoms with Gasteiger partial charge in [0.1, 0.15) is 45.4 Å². The zero-order valence-electron chi connectivity index (χ0n) is 22.6. The van der Waals surface area contributed by atoms with Crippen LogP contribution in [0.1, 0.15) is 53.3 Å². The molecule has 6 rings (SSSR count). The molecule has 2 aliphatic rings. The number of nitrogen functional groups attached to an aromatic ring is 1. The minimum Gasteiger partial charge on any atom is -0.496 e. The van der Waals surface area contributed by atoms with Crippen LogP contribution in [0.3, 0.4) is 0 Å². The van der Waals surface area contributed by atoms with Crippen molar-refractivity contribution < 1.29 is 31.9 Å². The van der Waals surface area contributed by atoms with Crippen molar-refractivity contribution in [2.45, 2.75) is 43.8 Å². The van der Waals surface area contributed by atoms with Crippen LogP contribution in [-0.4, -0.2) is 55.8 Å². The van der Waals surface area contributed by atoms with Crippen molar-refractivity contribution in [1.82, 2.24) is 24.3 Å². The summed E-state index contributed by atoms with van der Waals surface area (Å²) in [5, 5.41) is 2.40. The van der Waals surface area contributed by atoms with E-state index in [1.165, 1.54) is 13.3 Å². The fourth-order valence-electron chi connectivity index (χ4n) is 5.81. The monoisotopic (exact) mass is 617 g/mol. The van der Waals surface area contributed by atoms with Gasteiger partial charge in [0.2, 0.25) is 5.91 Å². The van der Waals surface area contributed by atoms with E-state index in [4.69, 9.17) is 27.1 Å². The van der Waals surface area contributed by atoms with Crippen LogP contribution in [0, 0.1) is 5.82 Å². The molecule has 15 heteroatoms. The molecular weight excluding hydrogens is 594 g/mol. The summed E-state index contributed by atoms with van der Waals surface area (Å²) in [6.45, 7) is 0.439. The highest BCUT2D eigenvalue weighted by Crippen LogP contribution is 2.42. The lowest BCUT2D eigenvalue weighted by atomic mass is 9.92. The summed E-state index contributed by atoms with van der Waals surface area (Å²) in [4.78, 5) is 40.0. The van der Waals surface area contributed by atoms with Gasteiger partial charge < -0.3 is 20.7 Å². The van der Waals surface area contributed by atoms with Crippen LogP contribution >= 0.6 is 11.6 Å². The number of pyridine rings is 1. The summed E-state index contributed by atoms with van der Waals surface area (Å²) in [6.07, 6.45) is 0.447. The number of methoxy groups -OCH3 is 1. The minimum atomic E-state index is -4.66. The highest BCUT2D eigenvalue weighted by Gasteiger charge is 2.39. The summed E-state index contributed by atoms with van der Waals surface area (Å²) in [7, 11) is 1.31. The Morgan fingerprint density at radius 2 is 1.98 bits per heavy atom. The van der Waals surface area contributed by atoms with Crippen LogP contribution in [-0.2, 0) is 11.0 Å². The summed E-state index contributed by atoms with van der Waals surface area (Å²) in [5.74, 6) is -1.95. The first-order chi connectivity index (χ1) is 20.5. The molecule has 43 heavy (non-hydrogen) atoms. The number of carbonyl (C=O) groups is 2. The number of fused-ring (bicyclic) bond motifs is 2. The molecule has 2 saturated heterocycles. The number of piperidine rings is 1. The Balaban J connectivity index is 1.40. The van der Waals surface area contributed by atoms with Crippen molar-refractivity contribution in [1.29, 1.82) is 0 Å². The molecule has 0 radical (unpaired) electrons. The Labute approximate surface area is 246 Å². The molecule has 0 spiro atoms. The lowest BCUT2D eigenvalue weighted by Crippen LogP contribution is -2.41. The molecule has 3 N–H and O–H groups in total. The zero-order valence-corrected chi connectivity index (χ0v) is 23.3. The topological polar surface area (TPSA) is 128 Å². The Kier molecular flexibility index (Phi) is 7.11. The third-order valence-electron chi connectivity index (χ3n) is 7.87. The van der Waals surface area contributed by atoms with E-state index in [0.717, 1.165) is 43.7 Å². The summed E-state index contributed by atoms with van der Waals surface area (Å²) >= 11 is 6.57. The number of benzene rings is 1. The number of carbonyl (C=O) groups excluding carboxylic acids is 2. The van der Waals surface area contributed by atoms with Gasteiger partial charge in [-0.05, 0) is 43.5 Å². The van der Waals surface area contributed by atoms with Gasteiger partial charge in [0.25, 0.3) is 5.91 Å². The summed E-state index contributed by atoms with van der Waals surface area (Å²) < 4.78 is 61.9. The quantitative estimate of drug-likeness (QED) is 0.290. The van der Waals surface area contributed by atoms with Crippen LogP contribution in [0.2, 0.25) is 5.15 Å². The number of hydrogen-bond acceptors (Lipinski definition) is 7. The van der Waals surface area contributed by atoms with Crippen molar-refractivity contribution in [3.63, 3.8) is 0 Å². The highest BCUT2D eigenvalue weighted by molar-refractivity contribution is 6.30. The van der Waals surface area contributed by atoms with Gasteiger partial charge >= 0.3 is 6.18 Å². The maximum Gasteiger partial charge on any atom is 0.416 e. The van der Waals surface area contributed by atoms with Gasteiger partial charge in [0.15, 0.2) is 0 Å². The fraction of sp³-hybridized carbons (Fsp3) is 0.321. The highest BCUT2D eigenvalue weighted by atomic mass is 35.5. The third kappa shape index (κ3) is 5.09. The number of ether oxygens (including phenoxy) is 1. The zero-order chi connectivity index (χ0) is 30.6. The molecule has 0 saturated carbocycles. The number of aromatic nitrogens is 4. The van der Waals surface area contributed by atoms with E-state index >= 15 is 4.39 Å². The number of nitrogens with zero attached hydrogens (tertiary/aromatic N) is 5. The van der Waals surface area contributed by atoms with E-state index < -0.39 is 34.8 Å². The number of halogens is 5. The molecule has 2 fully saturated rings. The standard InChI is InChI=1S/C28H24ClF4N7O3/c1-43-19-10-16(27(42)37-21-8-14(6-7-35-21)28(31,32)33)18(30)9-17(19)23-24-25(34)36-11-20(29)40(24)26(38-23)13-2-3-15-4-5-22(41)39(15)12-13/h6-11,13,15H,2-5,12H2,1H3,(H2,34,36)(H,35,37,42). The lowest BCUT2D eigenvalue weighted by molar-refractivity contribution is -0.137. The van der Waals surface area contributed by atoms with Gasteiger partial charge in [0, 0.05) is 36.7 Å². The molecule has 0 bridgehead atoms. The van der Waals surface area contributed by atoms with E-state index in [1.54, 1.807) is 4.40 Å². The predicted octanol–water partition coefficient (Wildman–Crippen LogP) is 5.31. The van der Waals surface area contributed by atoms with Gasteiger partial charge in [0.05, 0.1) is 24.4 Å². The minimum absolute atomic E-state index is 0.0351. The number of rotatable bonds is 5. The number of amides is 2. The number of hydrogen-bond donors (Lipinski definition) is 2. The molecule has 0 aliphatic carbocycles. The Morgan fingerprint density at radius 1 is 1.19 bits per heavy atom. The van der Waals surface area contributed by atoms with Crippen LogP contribution in [0.15, 0.2) is 36.7 Å². The van der Waals surface area contributed by atoms with Gasteiger partial charge in [-0.25, -0.2) is 19.3 Å². The van der Waals surface area contributed by atoms with Crippen molar-refractivity contribution in [3.05, 3.63) is 64.6 Å². The van der Waals surface area contributed by atoms with Gasteiger partial charge in [-0.2, -0.15) is 13.2 Å². The number of nitrogens with one attached hydrogen (secondary N) is 1. The second-order valence-electron chi connectivity index (χ2n) is 10.4. The number of anilines is 2. The first-order valence-electron chi connectivity index (χ1n) is 13.3. The average molecular weight is 618 g/mol. The summed E-state index contributed by atoms with van der Waals surface area (Å²) in [5.41, 5.74) is 5.37. The second kappa shape index (κ2) is 10.7. The Bertz CT molecular complexity index is 1780. The lowest BCUT2D eigenvalue weighted by Gasteiger charge is -2.34. The van der Waals surface area contributed by atoms with Gasteiger partial charge in [-0.1, -0.05) is 11.6 Å². The molecule has 2 amide bonds. The molecule has 1 aromatic carbocycles. The van der Waals surface area contributed by atoms with E-state index in [-0.39, 0.29) is 45.8 Å². The number of nitrogens with two attached hydrogens (primary N) is 1. The molecular formula is C28H24ClF4N7O3. The van der Waals surface area contributed by atoms with E-state index in [1.807, 2.05) is 4.90 Å². The van der Waals surface area contributed by atoms with Crippen LogP contribution in [0.25, 0.3) is 16.8 Å². The van der Waals surface area contributed by atoms with E-state index in [0.29, 0.717) is 30.4 Å². The van der Waals surface area contributed by atoms with E-state index in [9.17, 15) is 22.8 Å². The SMILES string of the molecule is COc1cc(C(=O)Nc2cc(C(F)(F)F)ccn2)c(F)cc1-c1nc(C2CCC3CCC(=O)N3C2)n2c(Cl)cnc(N)c12. The number of imidazole rings is 1. The Morgan fingerprint density at radius 3 is 2.72 bits per heavy atom. The molecule has 2 aliphatic heterocycles. The maximum absolute atomic E-state index is 15.5.